The Hall–Kier alpha value is -0.450. The van der Waals surface area contributed by atoms with E-state index in [1.165, 1.54) is 6.20 Å². The fourth-order valence-electron chi connectivity index (χ4n) is 1.21. The maximum absolute atomic E-state index is 13.3. The van der Waals surface area contributed by atoms with Crippen LogP contribution in [0.4, 0.5) is 8.78 Å². The van der Waals surface area contributed by atoms with Gasteiger partial charge in [-0.25, -0.2) is 8.78 Å². The average Bonchev–Trinajstić information content (AvgIpc) is 2.19. The number of hydrogen-bond donors (Lipinski definition) is 0. The van der Waals surface area contributed by atoms with Crippen LogP contribution < -0.4 is 0 Å². The molecule has 0 spiro atoms. The van der Waals surface area contributed by atoms with E-state index in [2.05, 4.69) is 20.9 Å². The molecule has 1 heterocycles. The first kappa shape index (κ1) is 11.0. The minimum atomic E-state index is -0.774. The maximum atomic E-state index is 13.3. The monoisotopic (exact) mass is 311 g/mol. The first-order valence-electron chi connectivity index (χ1n) is 3.79. The SMILES string of the molecule is Fc1cc(F)c2ncc(Cl)c(Cl)c2c1Br. The third-order valence-corrected chi connectivity index (χ3v) is 3.43. The van der Waals surface area contributed by atoms with Crippen molar-refractivity contribution in [3.8, 4) is 0 Å². The van der Waals surface area contributed by atoms with Gasteiger partial charge in [-0.05, 0) is 15.9 Å². The van der Waals surface area contributed by atoms with Crippen LogP contribution in [0.1, 0.15) is 0 Å². The van der Waals surface area contributed by atoms with Crippen molar-refractivity contribution in [1.82, 2.24) is 4.98 Å². The van der Waals surface area contributed by atoms with Crippen molar-refractivity contribution in [2.24, 2.45) is 0 Å². The lowest BCUT2D eigenvalue weighted by Gasteiger charge is -2.05. The smallest absolute Gasteiger partial charge is 0.152 e. The van der Waals surface area contributed by atoms with Crippen LogP contribution in [0.3, 0.4) is 0 Å². The number of rotatable bonds is 0. The van der Waals surface area contributed by atoms with Crippen molar-refractivity contribution in [2.45, 2.75) is 0 Å². The Kier molecular flexibility index (Phi) is 2.83. The van der Waals surface area contributed by atoms with Gasteiger partial charge in [-0.3, -0.25) is 4.98 Å². The molecule has 0 radical (unpaired) electrons. The third kappa shape index (κ3) is 1.71. The van der Waals surface area contributed by atoms with Crippen molar-refractivity contribution in [3.05, 3.63) is 38.4 Å². The minimum absolute atomic E-state index is 0.0160. The Balaban J connectivity index is 3.04. The van der Waals surface area contributed by atoms with E-state index in [4.69, 9.17) is 23.2 Å². The Morgan fingerprint density at radius 1 is 1.20 bits per heavy atom. The molecule has 2 rings (SSSR count). The van der Waals surface area contributed by atoms with Crippen LogP contribution in [-0.4, -0.2) is 4.98 Å². The highest BCUT2D eigenvalue weighted by atomic mass is 79.9. The van der Waals surface area contributed by atoms with Gasteiger partial charge in [0.2, 0.25) is 0 Å². The lowest BCUT2D eigenvalue weighted by Crippen LogP contribution is -1.90. The number of benzene rings is 1. The topological polar surface area (TPSA) is 12.9 Å². The summed E-state index contributed by atoms with van der Waals surface area (Å²) >= 11 is 14.5. The summed E-state index contributed by atoms with van der Waals surface area (Å²) in [5.41, 5.74) is -0.0160. The van der Waals surface area contributed by atoms with Crippen LogP contribution >= 0.6 is 39.1 Å². The van der Waals surface area contributed by atoms with E-state index in [0.29, 0.717) is 0 Å². The second kappa shape index (κ2) is 3.85. The summed E-state index contributed by atoms with van der Waals surface area (Å²) in [6.45, 7) is 0. The summed E-state index contributed by atoms with van der Waals surface area (Å²) in [5, 5.41) is 0.364. The molecule has 0 amide bonds. The molecular formula is C9H2BrCl2F2N. The highest BCUT2D eigenvalue weighted by Gasteiger charge is 2.16. The highest BCUT2D eigenvalue weighted by Crippen LogP contribution is 2.36. The van der Waals surface area contributed by atoms with E-state index >= 15 is 0 Å². The number of halogens is 5. The lowest BCUT2D eigenvalue weighted by atomic mass is 10.2. The molecule has 2 aromatic rings. The second-order valence-corrected chi connectivity index (χ2v) is 4.38. The van der Waals surface area contributed by atoms with Gasteiger partial charge in [0.05, 0.1) is 14.5 Å². The lowest BCUT2D eigenvalue weighted by molar-refractivity contribution is 0.586. The van der Waals surface area contributed by atoms with Crippen molar-refractivity contribution in [3.63, 3.8) is 0 Å². The molecule has 1 aromatic heterocycles. The predicted octanol–water partition coefficient (Wildman–Crippen LogP) is 4.58. The summed E-state index contributed by atoms with van der Waals surface area (Å²) in [5.74, 6) is -1.52. The van der Waals surface area contributed by atoms with Crippen molar-refractivity contribution in [1.29, 1.82) is 0 Å². The summed E-state index contributed by atoms with van der Waals surface area (Å²) in [7, 11) is 0. The van der Waals surface area contributed by atoms with Crippen LogP contribution in [0.25, 0.3) is 10.9 Å². The molecule has 1 nitrogen and oxygen atoms in total. The highest BCUT2D eigenvalue weighted by molar-refractivity contribution is 9.10. The van der Waals surface area contributed by atoms with E-state index in [-0.39, 0.29) is 25.4 Å². The molecule has 0 atom stereocenters. The van der Waals surface area contributed by atoms with Gasteiger partial charge >= 0.3 is 0 Å². The molecule has 0 fully saturated rings. The third-order valence-electron chi connectivity index (χ3n) is 1.88. The normalized spacial score (nSPS) is 11.0. The Morgan fingerprint density at radius 2 is 1.87 bits per heavy atom. The first-order chi connectivity index (χ1) is 7.02. The Labute approximate surface area is 102 Å². The van der Waals surface area contributed by atoms with Crippen LogP contribution in [0.5, 0.6) is 0 Å². The molecule has 0 N–H and O–H groups in total. The molecule has 78 valence electrons. The van der Waals surface area contributed by atoms with Gasteiger partial charge in [0.25, 0.3) is 0 Å². The van der Waals surface area contributed by atoms with Crippen molar-refractivity contribution in [2.75, 3.05) is 0 Å². The van der Waals surface area contributed by atoms with Crippen LogP contribution in [0.15, 0.2) is 16.7 Å². The fraction of sp³-hybridized carbons (Fsp3) is 0. The zero-order valence-corrected chi connectivity index (χ0v) is 10.1. The van der Waals surface area contributed by atoms with E-state index in [1.54, 1.807) is 0 Å². The van der Waals surface area contributed by atoms with Gasteiger partial charge in [-0.15, -0.1) is 0 Å². The van der Waals surface area contributed by atoms with Gasteiger partial charge < -0.3 is 0 Å². The zero-order chi connectivity index (χ0) is 11.2. The Morgan fingerprint density at radius 3 is 2.53 bits per heavy atom. The minimum Gasteiger partial charge on any atom is -0.251 e. The van der Waals surface area contributed by atoms with Crippen LogP contribution in [-0.2, 0) is 0 Å². The van der Waals surface area contributed by atoms with Gasteiger partial charge in [0.15, 0.2) is 5.82 Å². The molecule has 0 unspecified atom stereocenters. The van der Waals surface area contributed by atoms with Gasteiger partial charge in [0, 0.05) is 17.6 Å². The molecule has 0 aliphatic rings. The molecular weight excluding hydrogens is 311 g/mol. The summed E-state index contributed by atoms with van der Waals surface area (Å²) in [4.78, 5) is 3.76. The van der Waals surface area contributed by atoms with Crippen LogP contribution in [0, 0.1) is 11.6 Å². The summed E-state index contributed by atoms with van der Waals surface area (Å²) < 4.78 is 26.6. The Bertz CT molecular complexity index is 551. The summed E-state index contributed by atoms with van der Waals surface area (Å²) in [6, 6.07) is 0.740. The molecule has 15 heavy (non-hydrogen) atoms. The predicted molar refractivity (Wildman–Crippen MR) is 59.4 cm³/mol. The molecule has 0 saturated heterocycles. The number of hydrogen-bond acceptors (Lipinski definition) is 1. The van der Waals surface area contributed by atoms with Gasteiger partial charge in [-0.2, -0.15) is 0 Å². The zero-order valence-electron chi connectivity index (χ0n) is 6.99. The maximum Gasteiger partial charge on any atom is 0.152 e. The standard InChI is InChI=1S/C9H2BrCl2F2N/c10-7-4(13)1-5(14)9-6(7)8(12)3(11)2-15-9/h1-2H. The van der Waals surface area contributed by atoms with Crippen molar-refractivity contribution >= 4 is 50.0 Å². The first-order valence-corrected chi connectivity index (χ1v) is 5.34. The fourth-order valence-corrected chi connectivity index (χ4v) is 2.20. The average molecular weight is 313 g/mol. The second-order valence-electron chi connectivity index (χ2n) is 2.80. The molecule has 1 aromatic carbocycles. The van der Waals surface area contributed by atoms with E-state index in [9.17, 15) is 8.78 Å². The number of fused-ring (bicyclic) bond motifs is 1. The van der Waals surface area contributed by atoms with E-state index in [1.807, 2.05) is 0 Å². The molecule has 0 aliphatic carbocycles. The van der Waals surface area contributed by atoms with Gasteiger partial charge in [-0.1, -0.05) is 23.2 Å². The van der Waals surface area contributed by atoms with Crippen LogP contribution in [0.2, 0.25) is 10.0 Å². The molecule has 0 aliphatic heterocycles. The molecule has 0 saturated carbocycles. The largest absolute Gasteiger partial charge is 0.251 e. The number of pyridine rings is 1. The quantitative estimate of drug-likeness (QED) is 0.649. The number of nitrogens with zero attached hydrogens (tertiary/aromatic N) is 1. The molecule has 6 heteroatoms. The van der Waals surface area contributed by atoms with Gasteiger partial charge in [0.1, 0.15) is 11.3 Å². The van der Waals surface area contributed by atoms with E-state index in [0.717, 1.165) is 6.07 Å². The summed E-state index contributed by atoms with van der Waals surface area (Å²) in [6.07, 6.45) is 1.22. The van der Waals surface area contributed by atoms with E-state index < -0.39 is 11.6 Å². The van der Waals surface area contributed by atoms with Crippen molar-refractivity contribution < 1.29 is 8.78 Å². The molecule has 0 bridgehead atoms. The number of aromatic nitrogens is 1.